The second kappa shape index (κ2) is 6.38. The highest BCUT2D eigenvalue weighted by Crippen LogP contribution is 2.22. The van der Waals surface area contributed by atoms with E-state index in [1.807, 2.05) is 0 Å². The first-order valence-corrected chi connectivity index (χ1v) is 7.16. The molecule has 3 N–H and O–H groups in total. The number of nitrogens with one attached hydrogen (secondary N) is 1. The van der Waals surface area contributed by atoms with E-state index in [0.29, 0.717) is 12.1 Å². The van der Waals surface area contributed by atoms with Crippen molar-refractivity contribution in [3.8, 4) is 0 Å². The number of hydrogen-bond acceptors (Lipinski definition) is 3. The fourth-order valence-electron chi connectivity index (χ4n) is 2.99. The minimum absolute atomic E-state index is 0.477. The Labute approximate surface area is 110 Å². The summed E-state index contributed by atoms with van der Waals surface area (Å²) in [4.78, 5) is 9.41. The summed E-state index contributed by atoms with van der Waals surface area (Å²) >= 11 is 0. The van der Waals surface area contributed by atoms with Gasteiger partial charge in [-0.05, 0) is 45.8 Å². The lowest BCUT2D eigenvalue weighted by atomic mass is 10.0. The lowest BCUT2D eigenvalue weighted by Crippen LogP contribution is -2.51. The van der Waals surface area contributed by atoms with Gasteiger partial charge in [-0.1, -0.05) is 12.8 Å². The highest BCUT2D eigenvalue weighted by molar-refractivity contribution is 5.79. The average Bonchev–Trinajstić information content (AvgIpc) is 2.89. The van der Waals surface area contributed by atoms with Gasteiger partial charge in [0.1, 0.15) is 0 Å². The number of hydrogen-bond donors (Lipinski definition) is 2. The lowest BCUT2D eigenvalue weighted by Gasteiger charge is -2.36. The Bertz CT molecular complexity index is 277. The zero-order chi connectivity index (χ0) is 13.0. The van der Waals surface area contributed by atoms with E-state index in [0.717, 1.165) is 19.0 Å². The second-order valence-electron chi connectivity index (χ2n) is 5.68. The van der Waals surface area contributed by atoms with Gasteiger partial charge in [-0.3, -0.25) is 5.43 Å². The standard InChI is InChI=1S/C13H27N5/c1-17-9-7-12(8-10-17)18(2)13(16-14)15-11-5-3-4-6-11/h11-12H,3-10,14H2,1-2H3,(H,15,16). The van der Waals surface area contributed by atoms with Gasteiger partial charge in [-0.15, -0.1) is 0 Å². The third-order valence-corrected chi connectivity index (χ3v) is 4.33. The van der Waals surface area contributed by atoms with E-state index in [4.69, 9.17) is 10.8 Å². The number of piperidine rings is 1. The quantitative estimate of drug-likeness (QED) is 0.330. The molecular weight excluding hydrogens is 226 g/mol. The van der Waals surface area contributed by atoms with Gasteiger partial charge < -0.3 is 9.80 Å². The van der Waals surface area contributed by atoms with Crippen molar-refractivity contribution in [2.75, 3.05) is 27.2 Å². The monoisotopic (exact) mass is 253 g/mol. The first kappa shape index (κ1) is 13.6. The number of guanidine groups is 1. The van der Waals surface area contributed by atoms with Crippen LogP contribution in [0.25, 0.3) is 0 Å². The van der Waals surface area contributed by atoms with Gasteiger partial charge >= 0.3 is 0 Å². The van der Waals surface area contributed by atoms with E-state index in [2.05, 4.69) is 29.3 Å². The first-order chi connectivity index (χ1) is 8.70. The maximum absolute atomic E-state index is 5.65. The van der Waals surface area contributed by atoms with Crippen molar-refractivity contribution in [1.82, 2.24) is 15.2 Å². The summed E-state index contributed by atoms with van der Waals surface area (Å²) in [5.74, 6) is 6.52. The molecule has 0 atom stereocenters. The van der Waals surface area contributed by atoms with Crippen LogP contribution >= 0.6 is 0 Å². The van der Waals surface area contributed by atoms with Crippen molar-refractivity contribution in [1.29, 1.82) is 0 Å². The maximum Gasteiger partial charge on any atom is 0.208 e. The highest BCUT2D eigenvalue weighted by atomic mass is 15.4. The molecule has 104 valence electrons. The molecule has 1 heterocycles. The predicted molar refractivity (Wildman–Crippen MR) is 75.3 cm³/mol. The minimum atomic E-state index is 0.477. The average molecular weight is 253 g/mol. The van der Waals surface area contributed by atoms with Crippen LogP contribution in [0.5, 0.6) is 0 Å². The Morgan fingerprint density at radius 1 is 1.22 bits per heavy atom. The molecule has 2 fully saturated rings. The van der Waals surface area contributed by atoms with Gasteiger partial charge in [-0.25, -0.2) is 10.8 Å². The van der Waals surface area contributed by atoms with E-state index in [1.165, 1.54) is 38.5 Å². The Hall–Kier alpha value is -0.810. The summed E-state index contributed by atoms with van der Waals surface area (Å²) in [7, 11) is 4.30. The zero-order valence-corrected chi connectivity index (χ0v) is 11.7. The molecule has 0 amide bonds. The summed E-state index contributed by atoms with van der Waals surface area (Å²) < 4.78 is 0. The fraction of sp³-hybridized carbons (Fsp3) is 0.923. The van der Waals surface area contributed by atoms with Crippen LogP contribution in [0.1, 0.15) is 38.5 Å². The van der Waals surface area contributed by atoms with Gasteiger partial charge in [0.25, 0.3) is 0 Å². The third kappa shape index (κ3) is 3.36. The molecule has 2 rings (SSSR count). The van der Waals surface area contributed by atoms with Crippen molar-refractivity contribution in [2.24, 2.45) is 10.8 Å². The van der Waals surface area contributed by atoms with E-state index in [-0.39, 0.29) is 0 Å². The molecular formula is C13H27N5. The maximum atomic E-state index is 5.65. The molecule has 1 aliphatic carbocycles. The molecule has 5 nitrogen and oxygen atoms in total. The largest absolute Gasteiger partial charge is 0.342 e. The van der Waals surface area contributed by atoms with Crippen LogP contribution in [0.3, 0.4) is 0 Å². The minimum Gasteiger partial charge on any atom is -0.342 e. The molecule has 0 aromatic rings. The van der Waals surface area contributed by atoms with Crippen LogP contribution < -0.4 is 11.3 Å². The third-order valence-electron chi connectivity index (χ3n) is 4.33. The van der Waals surface area contributed by atoms with Crippen LogP contribution in [-0.2, 0) is 0 Å². The topological polar surface area (TPSA) is 56.9 Å². The van der Waals surface area contributed by atoms with Crippen molar-refractivity contribution >= 4 is 5.96 Å². The molecule has 5 heteroatoms. The molecule has 2 aliphatic rings. The van der Waals surface area contributed by atoms with Gasteiger partial charge in [0.05, 0.1) is 6.04 Å². The van der Waals surface area contributed by atoms with E-state index in [1.54, 1.807) is 0 Å². The van der Waals surface area contributed by atoms with Crippen molar-refractivity contribution in [3.05, 3.63) is 0 Å². The molecule has 1 saturated carbocycles. The normalized spacial score (nSPS) is 24.5. The van der Waals surface area contributed by atoms with Crippen molar-refractivity contribution < 1.29 is 0 Å². The van der Waals surface area contributed by atoms with Gasteiger partial charge in [-0.2, -0.15) is 0 Å². The summed E-state index contributed by atoms with van der Waals surface area (Å²) in [5.41, 5.74) is 2.80. The number of nitrogens with zero attached hydrogens (tertiary/aromatic N) is 3. The highest BCUT2D eigenvalue weighted by Gasteiger charge is 2.23. The van der Waals surface area contributed by atoms with Gasteiger partial charge in [0, 0.05) is 13.1 Å². The molecule has 0 aromatic heterocycles. The second-order valence-corrected chi connectivity index (χ2v) is 5.68. The van der Waals surface area contributed by atoms with E-state index < -0.39 is 0 Å². The summed E-state index contributed by atoms with van der Waals surface area (Å²) in [6.45, 7) is 2.33. The zero-order valence-electron chi connectivity index (χ0n) is 11.7. The van der Waals surface area contributed by atoms with Crippen LogP contribution in [0, 0.1) is 0 Å². The van der Waals surface area contributed by atoms with Crippen LogP contribution in [0.2, 0.25) is 0 Å². The first-order valence-electron chi connectivity index (χ1n) is 7.16. The number of hydrazine groups is 1. The summed E-state index contributed by atoms with van der Waals surface area (Å²) in [6.07, 6.45) is 7.43. The van der Waals surface area contributed by atoms with E-state index >= 15 is 0 Å². The molecule has 0 bridgehead atoms. The SMILES string of the molecule is CN1CCC(N(C)C(=NC2CCCC2)NN)CC1. The number of aliphatic imine (C=N–C) groups is 1. The van der Waals surface area contributed by atoms with Gasteiger partial charge in [0.15, 0.2) is 0 Å². The Kier molecular flexibility index (Phi) is 4.83. The van der Waals surface area contributed by atoms with Crippen molar-refractivity contribution in [2.45, 2.75) is 50.6 Å². The Morgan fingerprint density at radius 3 is 2.39 bits per heavy atom. The predicted octanol–water partition coefficient (Wildman–Crippen LogP) is 0.774. The van der Waals surface area contributed by atoms with E-state index in [9.17, 15) is 0 Å². The molecule has 0 radical (unpaired) electrons. The fourth-order valence-corrected chi connectivity index (χ4v) is 2.99. The molecule has 1 aliphatic heterocycles. The summed E-state index contributed by atoms with van der Waals surface area (Å²) in [5, 5.41) is 0. The number of rotatable bonds is 2. The number of likely N-dealkylation sites (tertiary alicyclic amines) is 1. The lowest BCUT2D eigenvalue weighted by molar-refractivity contribution is 0.189. The Balaban J connectivity index is 1.93. The van der Waals surface area contributed by atoms with Crippen LogP contribution in [0.4, 0.5) is 0 Å². The Morgan fingerprint density at radius 2 is 1.83 bits per heavy atom. The molecule has 0 unspecified atom stereocenters. The smallest absolute Gasteiger partial charge is 0.208 e. The number of nitrogens with two attached hydrogens (primary N) is 1. The molecule has 0 aromatic carbocycles. The van der Waals surface area contributed by atoms with Crippen LogP contribution in [-0.4, -0.2) is 55.0 Å². The summed E-state index contributed by atoms with van der Waals surface area (Å²) in [6, 6.07) is 1.04. The van der Waals surface area contributed by atoms with Crippen molar-refractivity contribution in [3.63, 3.8) is 0 Å². The molecule has 1 saturated heterocycles. The van der Waals surface area contributed by atoms with Gasteiger partial charge in [0.2, 0.25) is 5.96 Å². The molecule has 18 heavy (non-hydrogen) atoms. The molecule has 0 spiro atoms. The van der Waals surface area contributed by atoms with Crippen LogP contribution in [0.15, 0.2) is 4.99 Å².